The third-order valence-corrected chi connectivity index (χ3v) is 5.96. The first-order chi connectivity index (χ1) is 13.7. The van der Waals surface area contributed by atoms with Gasteiger partial charge >= 0.3 is 20.3 Å². The van der Waals surface area contributed by atoms with Gasteiger partial charge in [0, 0.05) is 17.3 Å². The number of aromatic amines is 1. The number of nitrogens with zero attached hydrogens (tertiary/aromatic N) is 1. The van der Waals surface area contributed by atoms with Gasteiger partial charge in [-0.1, -0.05) is 18.2 Å². The van der Waals surface area contributed by atoms with E-state index in [0.717, 1.165) is 11.1 Å². The number of nitrogens with one attached hydrogen (secondary N) is 1. The molecule has 2 aromatic rings. The van der Waals surface area contributed by atoms with Crippen molar-refractivity contribution in [1.82, 2.24) is 9.55 Å². The Hall–Kier alpha value is -2.07. The van der Waals surface area contributed by atoms with E-state index < -0.39 is 38.2 Å². The van der Waals surface area contributed by atoms with Crippen LogP contribution in [0.1, 0.15) is 35.8 Å². The number of rotatable bonds is 4. The van der Waals surface area contributed by atoms with Crippen LogP contribution in [0.2, 0.25) is 0 Å². The van der Waals surface area contributed by atoms with Gasteiger partial charge in [-0.05, 0) is 32.3 Å². The molecule has 1 aromatic heterocycles. The van der Waals surface area contributed by atoms with Crippen molar-refractivity contribution in [3.63, 3.8) is 0 Å². The van der Waals surface area contributed by atoms with Gasteiger partial charge in [0.25, 0.3) is 5.56 Å². The SMILES string of the molecule is Cc1cccc2c1OP(OC(O)(O)C1CCC(n3cc(C)c(=O)[nH]c3=O)O1)OC2. The molecule has 0 spiro atoms. The number of aromatic nitrogens is 2. The van der Waals surface area contributed by atoms with Crippen LogP contribution in [0.15, 0.2) is 34.0 Å². The second-order valence-electron chi connectivity index (χ2n) is 7.04. The maximum absolute atomic E-state index is 12.0. The van der Waals surface area contributed by atoms with E-state index in [4.69, 9.17) is 18.3 Å². The minimum Gasteiger partial charge on any atom is -0.426 e. The second-order valence-corrected chi connectivity index (χ2v) is 8.11. The summed E-state index contributed by atoms with van der Waals surface area (Å²) in [6, 6.07) is 5.61. The minimum absolute atomic E-state index is 0.209. The van der Waals surface area contributed by atoms with Gasteiger partial charge in [0.05, 0.1) is 6.61 Å². The third kappa shape index (κ3) is 4.00. The Morgan fingerprint density at radius 3 is 2.83 bits per heavy atom. The summed E-state index contributed by atoms with van der Waals surface area (Å²) in [6.45, 7) is 3.66. The first-order valence-electron chi connectivity index (χ1n) is 9.05. The predicted molar refractivity (Wildman–Crippen MR) is 101 cm³/mol. The molecule has 0 amide bonds. The summed E-state index contributed by atoms with van der Waals surface area (Å²) < 4.78 is 23.3. The fourth-order valence-electron chi connectivity index (χ4n) is 3.30. The molecule has 2 aliphatic rings. The highest BCUT2D eigenvalue weighted by atomic mass is 31.2. The van der Waals surface area contributed by atoms with Gasteiger partial charge in [-0.15, -0.1) is 0 Å². The Balaban J connectivity index is 1.45. The lowest BCUT2D eigenvalue weighted by atomic mass is 10.1. The van der Waals surface area contributed by atoms with E-state index in [1.807, 2.05) is 25.1 Å². The van der Waals surface area contributed by atoms with Gasteiger partial charge in [0.15, 0.2) is 0 Å². The molecule has 2 aliphatic heterocycles. The lowest BCUT2D eigenvalue weighted by Crippen LogP contribution is -2.44. The number of H-pyrrole nitrogens is 1. The summed E-state index contributed by atoms with van der Waals surface area (Å²) >= 11 is 0. The molecule has 1 fully saturated rings. The maximum Gasteiger partial charge on any atom is 0.402 e. The van der Waals surface area contributed by atoms with Gasteiger partial charge in [0.2, 0.25) is 0 Å². The van der Waals surface area contributed by atoms with Gasteiger partial charge in [-0.2, -0.15) is 0 Å². The molecule has 3 unspecified atom stereocenters. The van der Waals surface area contributed by atoms with Crippen molar-refractivity contribution in [3.8, 4) is 5.75 Å². The van der Waals surface area contributed by atoms with Crippen LogP contribution in [-0.4, -0.2) is 31.8 Å². The molecule has 4 rings (SSSR count). The molecule has 3 atom stereocenters. The number of benzene rings is 1. The van der Waals surface area contributed by atoms with E-state index in [2.05, 4.69) is 4.98 Å². The number of aryl methyl sites for hydroxylation is 2. The molecular formula is C18H21N2O8P. The Morgan fingerprint density at radius 1 is 1.24 bits per heavy atom. The zero-order valence-corrected chi connectivity index (χ0v) is 16.7. The summed E-state index contributed by atoms with van der Waals surface area (Å²) in [7, 11) is -2.06. The first-order valence-corrected chi connectivity index (χ1v) is 10.1. The molecular weight excluding hydrogens is 403 g/mol. The fraction of sp³-hybridized carbons (Fsp3) is 0.444. The van der Waals surface area contributed by atoms with E-state index in [1.165, 1.54) is 10.8 Å². The van der Waals surface area contributed by atoms with Crippen LogP contribution in [-0.2, 0) is 20.4 Å². The van der Waals surface area contributed by atoms with E-state index in [9.17, 15) is 19.8 Å². The fourth-order valence-corrected chi connectivity index (χ4v) is 4.43. The quantitative estimate of drug-likeness (QED) is 0.495. The number of aliphatic hydroxyl groups is 2. The molecule has 156 valence electrons. The number of para-hydroxylation sites is 1. The average Bonchev–Trinajstić information content (AvgIpc) is 3.16. The number of hydrogen-bond donors (Lipinski definition) is 3. The van der Waals surface area contributed by atoms with E-state index in [0.29, 0.717) is 17.7 Å². The molecule has 1 saturated heterocycles. The summed E-state index contributed by atoms with van der Waals surface area (Å²) in [5, 5.41) is 20.9. The van der Waals surface area contributed by atoms with Crippen LogP contribution < -0.4 is 15.8 Å². The first kappa shape index (κ1) is 20.2. The monoisotopic (exact) mass is 424 g/mol. The molecule has 0 bridgehead atoms. The van der Waals surface area contributed by atoms with Crippen molar-refractivity contribution in [3.05, 3.63) is 61.9 Å². The van der Waals surface area contributed by atoms with E-state index in [-0.39, 0.29) is 13.0 Å². The molecule has 0 radical (unpaired) electrons. The number of ether oxygens (including phenoxy) is 1. The molecule has 29 heavy (non-hydrogen) atoms. The Kier molecular flexibility index (Phi) is 5.32. The predicted octanol–water partition coefficient (Wildman–Crippen LogP) is 1.32. The van der Waals surface area contributed by atoms with Crippen molar-refractivity contribution in [1.29, 1.82) is 0 Å². The van der Waals surface area contributed by atoms with Crippen LogP contribution in [0.3, 0.4) is 0 Å². The van der Waals surface area contributed by atoms with Crippen molar-refractivity contribution < 1.29 is 28.5 Å². The summed E-state index contributed by atoms with van der Waals surface area (Å²) in [5.41, 5.74) is 0.956. The van der Waals surface area contributed by atoms with Crippen LogP contribution in [0.25, 0.3) is 0 Å². The van der Waals surface area contributed by atoms with Crippen molar-refractivity contribution in [2.24, 2.45) is 0 Å². The second kappa shape index (κ2) is 7.64. The zero-order chi connectivity index (χ0) is 20.8. The van der Waals surface area contributed by atoms with Crippen LogP contribution in [0, 0.1) is 13.8 Å². The Labute approximate surface area is 166 Å². The standard InChI is InChI=1S/C18H21N2O8P/c1-10-4-3-5-12-9-25-29(27-15(10)12)28-18(23,24)13-6-7-14(26-13)20-8-11(2)16(21)19-17(20)22/h3-5,8,13-14,23-24H,6-7,9H2,1-2H3,(H,19,21,22). The van der Waals surface area contributed by atoms with Gasteiger partial charge < -0.3 is 19.5 Å². The molecule has 3 N–H and O–H groups in total. The molecule has 10 nitrogen and oxygen atoms in total. The highest BCUT2D eigenvalue weighted by Gasteiger charge is 2.47. The van der Waals surface area contributed by atoms with Gasteiger partial charge in [0.1, 0.15) is 18.1 Å². The largest absolute Gasteiger partial charge is 0.426 e. The molecule has 0 aliphatic carbocycles. The normalized spacial score (nSPS) is 24.2. The molecule has 1 aromatic carbocycles. The molecule has 0 saturated carbocycles. The maximum atomic E-state index is 12.0. The van der Waals surface area contributed by atoms with Crippen LogP contribution >= 0.6 is 8.60 Å². The number of hydrogen-bond acceptors (Lipinski definition) is 8. The van der Waals surface area contributed by atoms with Gasteiger partial charge in [-0.25, -0.2) is 9.32 Å². The molecule has 3 heterocycles. The van der Waals surface area contributed by atoms with E-state index in [1.54, 1.807) is 6.92 Å². The topological polar surface area (TPSA) is 132 Å². The molecule has 11 heteroatoms. The lowest BCUT2D eigenvalue weighted by molar-refractivity contribution is -0.346. The minimum atomic E-state index is -2.68. The van der Waals surface area contributed by atoms with E-state index >= 15 is 0 Å². The van der Waals surface area contributed by atoms with Crippen molar-refractivity contribution in [2.45, 2.75) is 51.6 Å². The Bertz CT molecular complexity index is 1030. The van der Waals surface area contributed by atoms with Gasteiger partial charge in [-0.3, -0.25) is 18.9 Å². The summed E-state index contributed by atoms with van der Waals surface area (Å²) in [6.07, 6.45) is 0.00185. The summed E-state index contributed by atoms with van der Waals surface area (Å²) in [4.78, 5) is 25.8. The van der Waals surface area contributed by atoms with Crippen molar-refractivity contribution in [2.75, 3.05) is 0 Å². The lowest BCUT2D eigenvalue weighted by Gasteiger charge is -2.32. The third-order valence-electron chi connectivity index (χ3n) is 4.87. The summed E-state index contributed by atoms with van der Waals surface area (Å²) in [5.74, 6) is -2.08. The van der Waals surface area contributed by atoms with Crippen molar-refractivity contribution >= 4 is 8.60 Å². The van der Waals surface area contributed by atoms with Crippen LogP contribution in [0.4, 0.5) is 0 Å². The highest BCUT2D eigenvalue weighted by Crippen LogP contribution is 2.51. The number of fused-ring (bicyclic) bond motifs is 1. The highest BCUT2D eigenvalue weighted by molar-refractivity contribution is 7.42. The smallest absolute Gasteiger partial charge is 0.402 e. The average molecular weight is 424 g/mol. The Morgan fingerprint density at radius 2 is 2.03 bits per heavy atom. The zero-order valence-electron chi connectivity index (χ0n) is 15.8. The van der Waals surface area contributed by atoms with Crippen LogP contribution in [0.5, 0.6) is 5.75 Å².